The molecule has 1 aliphatic heterocycles. The maximum Gasteiger partial charge on any atom is 0.289 e. The number of hydrogen-bond acceptors (Lipinski definition) is 6. The van der Waals surface area contributed by atoms with Gasteiger partial charge in [0.05, 0.1) is 26.5 Å². The number of methoxy groups -OCH3 is 2. The van der Waals surface area contributed by atoms with Gasteiger partial charge < -0.3 is 24.1 Å². The minimum absolute atomic E-state index is 0.0157. The van der Waals surface area contributed by atoms with Crippen LogP contribution in [0.2, 0.25) is 0 Å². The molecule has 1 unspecified atom stereocenters. The monoisotopic (exact) mass is 441 g/mol. The molecule has 1 saturated carbocycles. The van der Waals surface area contributed by atoms with Crippen molar-refractivity contribution in [2.45, 2.75) is 31.7 Å². The quantitative estimate of drug-likeness (QED) is 0.710. The second-order valence-electron chi connectivity index (χ2n) is 8.39. The van der Waals surface area contributed by atoms with Crippen LogP contribution in [-0.4, -0.2) is 68.1 Å². The van der Waals surface area contributed by atoms with E-state index in [1.165, 1.54) is 6.26 Å². The lowest BCUT2D eigenvalue weighted by Crippen LogP contribution is -2.56. The van der Waals surface area contributed by atoms with Crippen LogP contribution in [0.5, 0.6) is 11.5 Å². The number of ether oxygens (including phenoxy) is 2. The van der Waals surface area contributed by atoms with Crippen molar-refractivity contribution in [3.63, 3.8) is 0 Å². The van der Waals surface area contributed by atoms with Crippen LogP contribution in [-0.2, 0) is 4.79 Å². The van der Waals surface area contributed by atoms with Crippen LogP contribution in [0, 0.1) is 5.92 Å². The Morgan fingerprint density at radius 2 is 1.69 bits per heavy atom. The molecule has 1 aliphatic carbocycles. The van der Waals surface area contributed by atoms with Gasteiger partial charge in [0.25, 0.3) is 5.91 Å². The van der Waals surface area contributed by atoms with Gasteiger partial charge in [-0.2, -0.15) is 0 Å². The average Bonchev–Trinajstić information content (AvgIpc) is 3.54. The standard InChI is InChI=1S/C24H31N3O5/c1-30-19-14-18(15-20(16-19)31-2)25-23(28)22(17-6-3-4-7-17)26-9-11-27(12-10-26)24(29)21-8-5-13-32-21/h5,8,13-17,22H,3-4,6-7,9-12H2,1-2H3,(H,25,28). The molecule has 32 heavy (non-hydrogen) atoms. The van der Waals surface area contributed by atoms with Gasteiger partial charge in [-0.1, -0.05) is 12.8 Å². The SMILES string of the molecule is COc1cc(NC(=O)C(C2CCCC2)N2CCN(C(=O)c3ccco3)CC2)cc(OC)c1. The number of nitrogens with one attached hydrogen (secondary N) is 1. The highest BCUT2D eigenvalue weighted by atomic mass is 16.5. The molecule has 1 N–H and O–H groups in total. The van der Waals surface area contributed by atoms with Gasteiger partial charge in [-0.15, -0.1) is 0 Å². The first-order valence-corrected chi connectivity index (χ1v) is 11.2. The zero-order valence-electron chi connectivity index (χ0n) is 18.7. The average molecular weight is 442 g/mol. The highest BCUT2D eigenvalue weighted by molar-refractivity contribution is 5.95. The molecule has 172 valence electrons. The maximum absolute atomic E-state index is 13.5. The summed E-state index contributed by atoms with van der Waals surface area (Å²) in [6.45, 7) is 2.46. The summed E-state index contributed by atoms with van der Waals surface area (Å²) in [5.74, 6) is 1.81. The Labute approximate surface area is 188 Å². The molecular weight excluding hydrogens is 410 g/mol. The zero-order chi connectivity index (χ0) is 22.5. The first-order valence-electron chi connectivity index (χ1n) is 11.2. The topological polar surface area (TPSA) is 84.3 Å². The van der Waals surface area contributed by atoms with Crippen molar-refractivity contribution < 1.29 is 23.5 Å². The third-order valence-electron chi connectivity index (χ3n) is 6.46. The van der Waals surface area contributed by atoms with E-state index in [4.69, 9.17) is 13.9 Å². The molecule has 8 heteroatoms. The Bertz CT molecular complexity index is 893. The molecule has 4 rings (SSSR count). The summed E-state index contributed by atoms with van der Waals surface area (Å²) in [6.07, 6.45) is 5.91. The molecule has 1 aromatic carbocycles. The van der Waals surface area contributed by atoms with Gasteiger partial charge in [-0.3, -0.25) is 14.5 Å². The van der Waals surface area contributed by atoms with Gasteiger partial charge in [-0.05, 0) is 30.9 Å². The van der Waals surface area contributed by atoms with Gasteiger partial charge in [0.15, 0.2) is 5.76 Å². The number of carbonyl (C=O) groups excluding carboxylic acids is 2. The Morgan fingerprint density at radius 3 is 2.25 bits per heavy atom. The third-order valence-corrected chi connectivity index (χ3v) is 6.46. The first-order chi connectivity index (χ1) is 15.6. The molecule has 2 amide bonds. The molecule has 0 bridgehead atoms. The predicted octanol–water partition coefficient (Wildman–Crippen LogP) is 3.25. The van der Waals surface area contributed by atoms with E-state index in [-0.39, 0.29) is 17.9 Å². The summed E-state index contributed by atoms with van der Waals surface area (Å²) in [5, 5.41) is 3.09. The van der Waals surface area contributed by atoms with Crippen LogP contribution in [0.3, 0.4) is 0 Å². The molecule has 2 fully saturated rings. The fraction of sp³-hybridized carbons (Fsp3) is 0.500. The van der Waals surface area contributed by atoms with E-state index in [1.54, 1.807) is 49.5 Å². The Hall–Kier alpha value is -3.00. The number of hydrogen-bond donors (Lipinski definition) is 1. The molecule has 1 saturated heterocycles. The number of piperazine rings is 1. The number of amides is 2. The van der Waals surface area contributed by atoms with Gasteiger partial charge >= 0.3 is 0 Å². The Kier molecular flexibility index (Phi) is 6.99. The molecule has 1 aromatic heterocycles. The number of carbonyl (C=O) groups is 2. The summed E-state index contributed by atoms with van der Waals surface area (Å²) < 4.78 is 15.9. The van der Waals surface area contributed by atoms with E-state index in [0.717, 1.165) is 25.7 Å². The van der Waals surface area contributed by atoms with Crippen LogP contribution in [0.4, 0.5) is 5.69 Å². The van der Waals surface area contributed by atoms with Crippen molar-refractivity contribution in [1.82, 2.24) is 9.80 Å². The van der Waals surface area contributed by atoms with Crippen molar-refractivity contribution in [3.05, 3.63) is 42.4 Å². The second kappa shape index (κ2) is 10.1. The van der Waals surface area contributed by atoms with E-state index in [9.17, 15) is 9.59 Å². The fourth-order valence-corrected chi connectivity index (χ4v) is 4.81. The van der Waals surface area contributed by atoms with Crippen LogP contribution in [0.25, 0.3) is 0 Å². The van der Waals surface area contributed by atoms with E-state index >= 15 is 0 Å². The largest absolute Gasteiger partial charge is 0.497 e. The number of rotatable bonds is 7. The van der Waals surface area contributed by atoms with Gasteiger partial charge in [0, 0.05) is 50.1 Å². The lowest BCUT2D eigenvalue weighted by molar-refractivity contribution is -0.123. The minimum Gasteiger partial charge on any atom is -0.497 e. The molecule has 0 radical (unpaired) electrons. The lowest BCUT2D eigenvalue weighted by atomic mass is 9.94. The number of furan rings is 1. The molecule has 2 aromatic rings. The van der Waals surface area contributed by atoms with Gasteiger partial charge in [0.2, 0.25) is 5.91 Å². The number of nitrogens with zero attached hydrogens (tertiary/aromatic N) is 2. The summed E-state index contributed by atoms with van der Waals surface area (Å²) in [7, 11) is 3.18. The van der Waals surface area contributed by atoms with E-state index in [0.29, 0.717) is 55.0 Å². The zero-order valence-corrected chi connectivity index (χ0v) is 18.7. The van der Waals surface area contributed by atoms with Crippen LogP contribution in [0.15, 0.2) is 41.0 Å². The predicted molar refractivity (Wildman–Crippen MR) is 120 cm³/mol. The molecule has 2 aliphatic rings. The molecule has 0 spiro atoms. The smallest absolute Gasteiger partial charge is 0.289 e. The van der Waals surface area contributed by atoms with Gasteiger partial charge in [-0.25, -0.2) is 0 Å². The van der Waals surface area contributed by atoms with Crippen molar-refractivity contribution in [1.29, 1.82) is 0 Å². The van der Waals surface area contributed by atoms with Gasteiger partial charge in [0.1, 0.15) is 11.5 Å². The normalized spacial score (nSPS) is 18.4. The highest BCUT2D eigenvalue weighted by Crippen LogP contribution is 2.32. The molecule has 1 atom stereocenters. The molecule has 8 nitrogen and oxygen atoms in total. The van der Waals surface area contributed by atoms with E-state index < -0.39 is 0 Å². The van der Waals surface area contributed by atoms with E-state index in [2.05, 4.69) is 10.2 Å². The minimum atomic E-state index is -0.226. The van der Waals surface area contributed by atoms with Crippen LogP contribution < -0.4 is 14.8 Å². The van der Waals surface area contributed by atoms with Crippen LogP contribution >= 0.6 is 0 Å². The van der Waals surface area contributed by atoms with Crippen molar-refractivity contribution in [3.8, 4) is 11.5 Å². The summed E-state index contributed by atoms with van der Waals surface area (Å²) >= 11 is 0. The number of anilines is 1. The summed E-state index contributed by atoms with van der Waals surface area (Å²) in [4.78, 5) is 30.1. The van der Waals surface area contributed by atoms with Crippen molar-refractivity contribution in [2.75, 3.05) is 45.7 Å². The maximum atomic E-state index is 13.5. The Balaban J connectivity index is 1.46. The third kappa shape index (κ3) is 4.91. The second-order valence-corrected chi connectivity index (χ2v) is 8.39. The van der Waals surface area contributed by atoms with E-state index in [1.807, 2.05) is 0 Å². The Morgan fingerprint density at radius 1 is 1.03 bits per heavy atom. The highest BCUT2D eigenvalue weighted by Gasteiger charge is 2.37. The first kappa shape index (κ1) is 22.2. The van der Waals surface area contributed by atoms with Crippen LogP contribution in [0.1, 0.15) is 36.2 Å². The van der Waals surface area contributed by atoms with Crippen molar-refractivity contribution in [2.24, 2.45) is 5.92 Å². The molecular formula is C24H31N3O5. The summed E-state index contributed by atoms with van der Waals surface area (Å²) in [6, 6.07) is 8.55. The van der Waals surface area contributed by atoms with Crippen molar-refractivity contribution >= 4 is 17.5 Å². The molecule has 2 heterocycles. The number of benzene rings is 1. The fourth-order valence-electron chi connectivity index (χ4n) is 4.81. The summed E-state index contributed by atoms with van der Waals surface area (Å²) in [5.41, 5.74) is 0.654. The lowest BCUT2D eigenvalue weighted by Gasteiger charge is -2.40.